The SMILES string of the molecule is C=CCOCC1COCCOC2(C)COCCOCCOCC(C)(COCCOCCOC2)OCCO1. The molecule has 2 bridgehead atoms. The summed E-state index contributed by atoms with van der Waals surface area (Å²) in [5, 5.41) is 0. The fourth-order valence-corrected chi connectivity index (χ4v) is 3.57. The van der Waals surface area contributed by atoms with Crippen LogP contribution in [0.1, 0.15) is 13.8 Å². The molecule has 3 saturated heterocycles. The lowest BCUT2D eigenvalue weighted by molar-refractivity contribution is -0.148. The van der Waals surface area contributed by atoms with Crippen molar-refractivity contribution in [1.82, 2.24) is 0 Å². The van der Waals surface area contributed by atoms with Gasteiger partial charge in [-0.1, -0.05) is 6.08 Å². The van der Waals surface area contributed by atoms with Gasteiger partial charge in [0.05, 0.1) is 126 Å². The summed E-state index contributed by atoms with van der Waals surface area (Å²) in [6.07, 6.45) is 1.45. The Morgan fingerprint density at radius 3 is 1.54 bits per heavy atom. The number of ether oxygens (including phenoxy) is 11. The van der Waals surface area contributed by atoms with Crippen LogP contribution in [-0.2, 0) is 52.1 Å². The third-order valence-corrected chi connectivity index (χ3v) is 5.53. The average Bonchev–Trinajstić information content (AvgIpc) is 2.88. The van der Waals surface area contributed by atoms with Crippen LogP contribution < -0.4 is 0 Å². The second-order valence-electron chi connectivity index (χ2n) is 9.43. The van der Waals surface area contributed by atoms with Crippen LogP contribution in [0.3, 0.4) is 0 Å². The zero-order chi connectivity index (χ0) is 26.5. The normalized spacial score (nSPS) is 32.2. The van der Waals surface area contributed by atoms with Crippen molar-refractivity contribution >= 4 is 0 Å². The van der Waals surface area contributed by atoms with Gasteiger partial charge < -0.3 is 52.1 Å². The van der Waals surface area contributed by atoms with Crippen LogP contribution in [0.15, 0.2) is 12.7 Å². The van der Waals surface area contributed by atoms with E-state index in [-0.39, 0.29) is 6.10 Å². The van der Waals surface area contributed by atoms with Gasteiger partial charge in [0, 0.05) is 0 Å². The van der Waals surface area contributed by atoms with Crippen molar-refractivity contribution in [3.63, 3.8) is 0 Å². The minimum atomic E-state index is -0.650. The van der Waals surface area contributed by atoms with Crippen molar-refractivity contribution in [2.24, 2.45) is 0 Å². The number of rotatable bonds is 4. The van der Waals surface area contributed by atoms with Gasteiger partial charge in [0.1, 0.15) is 17.3 Å². The van der Waals surface area contributed by atoms with Crippen LogP contribution in [0.4, 0.5) is 0 Å². The minimum absolute atomic E-state index is 0.252. The molecule has 3 aliphatic rings. The van der Waals surface area contributed by atoms with Gasteiger partial charge in [0.2, 0.25) is 0 Å². The molecule has 0 N–H and O–H groups in total. The summed E-state index contributed by atoms with van der Waals surface area (Å²) in [6, 6.07) is 0. The summed E-state index contributed by atoms with van der Waals surface area (Å²) in [6.45, 7) is 15.3. The first kappa shape index (κ1) is 32.5. The molecule has 3 rings (SSSR count). The van der Waals surface area contributed by atoms with Gasteiger partial charge in [-0.3, -0.25) is 0 Å². The Balaban J connectivity index is 2.06. The van der Waals surface area contributed by atoms with Crippen molar-refractivity contribution < 1.29 is 52.1 Å². The van der Waals surface area contributed by atoms with Crippen molar-refractivity contribution in [2.75, 3.05) is 126 Å². The van der Waals surface area contributed by atoms with Crippen LogP contribution in [0.2, 0.25) is 0 Å². The zero-order valence-corrected chi connectivity index (χ0v) is 22.8. The first-order valence-electron chi connectivity index (χ1n) is 13.2. The molecule has 0 aromatic heterocycles. The first-order chi connectivity index (χ1) is 18.1. The maximum absolute atomic E-state index is 6.15. The molecule has 0 aromatic rings. The van der Waals surface area contributed by atoms with Gasteiger partial charge in [-0.25, -0.2) is 0 Å². The Morgan fingerprint density at radius 1 is 0.622 bits per heavy atom. The highest BCUT2D eigenvalue weighted by Gasteiger charge is 2.28. The maximum atomic E-state index is 6.15. The predicted octanol–water partition coefficient (Wildman–Crippen LogP) is 1.27. The molecule has 0 radical (unpaired) electrons. The molecular weight excluding hydrogens is 488 g/mol. The molecule has 37 heavy (non-hydrogen) atoms. The summed E-state index contributed by atoms with van der Waals surface area (Å²) >= 11 is 0. The summed E-state index contributed by atoms with van der Waals surface area (Å²) in [4.78, 5) is 0. The first-order valence-corrected chi connectivity index (χ1v) is 13.2. The van der Waals surface area contributed by atoms with E-state index in [4.69, 9.17) is 52.1 Å². The monoisotopic (exact) mass is 536 g/mol. The van der Waals surface area contributed by atoms with Crippen LogP contribution >= 0.6 is 0 Å². The smallest absolute Gasteiger partial charge is 0.112 e. The molecule has 11 heteroatoms. The Hall–Kier alpha value is -0.700. The molecule has 0 aliphatic carbocycles. The van der Waals surface area contributed by atoms with E-state index in [1.807, 2.05) is 13.8 Å². The molecule has 0 aromatic carbocycles. The summed E-state index contributed by atoms with van der Waals surface area (Å²) in [5.74, 6) is 0. The van der Waals surface area contributed by atoms with E-state index >= 15 is 0 Å². The van der Waals surface area contributed by atoms with E-state index in [2.05, 4.69) is 6.58 Å². The lowest BCUT2D eigenvalue weighted by atomic mass is 10.1. The standard InChI is InChI=1S/C26H48O11/c1-4-5-29-18-24-19-30-14-16-36-25(2)20-31-10-6-27-8-12-33-22-26(3,37-17-15-35-24)23-34-13-9-28-7-11-32-21-25/h4,24H,1,5-23H2,2-3H3. The molecule has 218 valence electrons. The van der Waals surface area contributed by atoms with Crippen LogP contribution in [0, 0.1) is 0 Å². The Labute approximate surface area is 221 Å². The lowest BCUT2D eigenvalue weighted by Crippen LogP contribution is -2.41. The number of fused-ring (bicyclic) bond motifs is 25. The second kappa shape index (κ2) is 20.2. The van der Waals surface area contributed by atoms with Crippen molar-refractivity contribution in [3.05, 3.63) is 12.7 Å². The Bertz CT molecular complexity index is 541. The molecule has 1 atom stereocenters. The van der Waals surface area contributed by atoms with E-state index in [1.165, 1.54) is 0 Å². The van der Waals surface area contributed by atoms with Crippen molar-refractivity contribution in [2.45, 2.75) is 31.2 Å². The Kier molecular flexibility index (Phi) is 17.8. The van der Waals surface area contributed by atoms with E-state index < -0.39 is 11.2 Å². The van der Waals surface area contributed by atoms with Crippen molar-refractivity contribution in [3.8, 4) is 0 Å². The second-order valence-corrected chi connectivity index (χ2v) is 9.43. The van der Waals surface area contributed by atoms with Crippen LogP contribution in [-0.4, -0.2) is 143 Å². The Morgan fingerprint density at radius 2 is 1.05 bits per heavy atom. The minimum Gasteiger partial charge on any atom is -0.377 e. The number of hydrogen-bond acceptors (Lipinski definition) is 11. The van der Waals surface area contributed by atoms with Gasteiger partial charge in [0.25, 0.3) is 0 Å². The van der Waals surface area contributed by atoms with Crippen LogP contribution in [0.5, 0.6) is 0 Å². The van der Waals surface area contributed by atoms with Gasteiger partial charge in [0.15, 0.2) is 0 Å². The maximum Gasteiger partial charge on any atom is 0.112 e. The van der Waals surface area contributed by atoms with Gasteiger partial charge in [-0.15, -0.1) is 6.58 Å². The van der Waals surface area contributed by atoms with Gasteiger partial charge >= 0.3 is 0 Å². The van der Waals surface area contributed by atoms with E-state index in [9.17, 15) is 0 Å². The molecule has 0 amide bonds. The van der Waals surface area contributed by atoms with E-state index in [1.54, 1.807) is 6.08 Å². The molecule has 11 nitrogen and oxygen atoms in total. The highest BCUT2D eigenvalue weighted by molar-refractivity contribution is 4.76. The molecular formula is C26H48O11. The van der Waals surface area contributed by atoms with Gasteiger partial charge in [-0.05, 0) is 13.8 Å². The lowest BCUT2D eigenvalue weighted by Gasteiger charge is -2.30. The van der Waals surface area contributed by atoms with E-state index in [0.29, 0.717) is 126 Å². The van der Waals surface area contributed by atoms with E-state index in [0.717, 1.165) is 0 Å². The fraction of sp³-hybridized carbons (Fsp3) is 0.923. The number of hydrogen-bond donors (Lipinski definition) is 0. The predicted molar refractivity (Wildman–Crippen MR) is 135 cm³/mol. The molecule has 3 heterocycles. The molecule has 0 saturated carbocycles. The topological polar surface area (TPSA) is 102 Å². The highest BCUT2D eigenvalue weighted by Crippen LogP contribution is 2.14. The third-order valence-electron chi connectivity index (χ3n) is 5.53. The third kappa shape index (κ3) is 16.1. The molecule has 3 aliphatic heterocycles. The summed E-state index contributed by atoms with van der Waals surface area (Å²) < 4.78 is 64.3. The molecule has 3 fully saturated rings. The summed E-state index contributed by atoms with van der Waals surface area (Å²) in [5.41, 5.74) is -1.29. The average molecular weight is 537 g/mol. The molecule has 1 unspecified atom stereocenters. The quantitative estimate of drug-likeness (QED) is 0.295. The summed E-state index contributed by atoms with van der Waals surface area (Å²) in [7, 11) is 0. The van der Waals surface area contributed by atoms with Crippen LogP contribution in [0.25, 0.3) is 0 Å². The fourth-order valence-electron chi connectivity index (χ4n) is 3.57. The largest absolute Gasteiger partial charge is 0.377 e. The molecule has 0 spiro atoms. The van der Waals surface area contributed by atoms with Crippen molar-refractivity contribution in [1.29, 1.82) is 0 Å². The van der Waals surface area contributed by atoms with Gasteiger partial charge in [-0.2, -0.15) is 0 Å². The zero-order valence-electron chi connectivity index (χ0n) is 22.8. The highest BCUT2D eigenvalue weighted by atomic mass is 16.6.